The van der Waals surface area contributed by atoms with Crippen LogP contribution in [0.3, 0.4) is 0 Å². The Labute approximate surface area is 118 Å². The van der Waals surface area contributed by atoms with E-state index in [-0.39, 0.29) is 13.0 Å². The molecule has 0 bridgehead atoms. The van der Waals surface area contributed by atoms with E-state index in [4.69, 9.17) is 0 Å². The van der Waals surface area contributed by atoms with Crippen LogP contribution in [0.1, 0.15) is 12.2 Å². The van der Waals surface area contributed by atoms with E-state index in [1.54, 1.807) is 18.7 Å². The third kappa shape index (κ3) is 2.11. The van der Waals surface area contributed by atoms with Crippen molar-refractivity contribution in [2.24, 2.45) is 7.05 Å². The summed E-state index contributed by atoms with van der Waals surface area (Å²) in [6.07, 6.45) is -3.51. The molecule has 1 saturated heterocycles. The number of alkyl halides is 3. The summed E-state index contributed by atoms with van der Waals surface area (Å²) in [6, 6.07) is 0. The first kappa shape index (κ1) is 14.1. The highest BCUT2D eigenvalue weighted by molar-refractivity contribution is 5.87. The van der Waals surface area contributed by atoms with Gasteiger partial charge in [0.1, 0.15) is 11.6 Å². The van der Waals surface area contributed by atoms with Crippen LogP contribution in [-0.2, 0) is 7.05 Å². The first-order valence-corrected chi connectivity index (χ1v) is 6.42. The molecule has 9 heteroatoms. The van der Waals surface area contributed by atoms with Gasteiger partial charge in [-0.2, -0.15) is 18.3 Å². The molecule has 0 amide bonds. The molecule has 2 aromatic rings. The lowest BCUT2D eigenvalue weighted by molar-refractivity contribution is -0.250. The molecule has 0 radical (unpaired) electrons. The van der Waals surface area contributed by atoms with Crippen molar-refractivity contribution in [3.05, 3.63) is 12.0 Å². The molecule has 1 aliphatic heterocycles. The number of anilines is 1. The highest BCUT2D eigenvalue weighted by Gasteiger charge is 2.57. The summed E-state index contributed by atoms with van der Waals surface area (Å²) in [5.74, 6) is 0.828. The molecule has 3 heterocycles. The number of aryl methyl sites for hydroxylation is 2. The Morgan fingerprint density at radius 2 is 2.05 bits per heavy atom. The van der Waals surface area contributed by atoms with E-state index in [9.17, 15) is 18.3 Å². The van der Waals surface area contributed by atoms with Gasteiger partial charge in [-0.15, -0.1) is 0 Å². The number of aromatic nitrogens is 4. The summed E-state index contributed by atoms with van der Waals surface area (Å²) in [5.41, 5.74) is -2.14. The maximum Gasteiger partial charge on any atom is 0.418 e. The predicted molar refractivity (Wildman–Crippen MR) is 68.9 cm³/mol. The average molecular weight is 301 g/mol. The summed E-state index contributed by atoms with van der Waals surface area (Å²) in [7, 11) is 1.70. The van der Waals surface area contributed by atoms with E-state index in [1.165, 1.54) is 11.1 Å². The maximum absolute atomic E-state index is 12.9. The summed E-state index contributed by atoms with van der Waals surface area (Å²) in [6.45, 7) is 1.22. The summed E-state index contributed by atoms with van der Waals surface area (Å²) in [5, 5.41) is 14.4. The van der Waals surface area contributed by atoms with Crippen LogP contribution in [-0.4, -0.2) is 49.7 Å². The van der Waals surface area contributed by atoms with E-state index in [0.717, 1.165) is 0 Å². The summed E-state index contributed by atoms with van der Waals surface area (Å²) >= 11 is 0. The van der Waals surface area contributed by atoms with Crippen molar-refractivity contribution in [3.8, 4) is 0 Å². The fourth-order valence-corrected chi connectivity index (χ4v) is 2.56. The van der Waals surface area contributed by atoms with E-state index in [2.05, 4.69) is 15.1 Å². The summed E-state index contributed by atoms with van der Waals surface area (Å²) in [4.78, 5) is 9.89. The molecule has 1 aliphatic rings. The van der Waals surface area contributed by atoms with Crippen molar-refractivity contribution >= 4 is 16.9 Å². The molecule has 1 N–H and O–H groups in total. The third-order valence-electron chi connectivity index (χ3n) is 3.76. The third-order valence-corrected chi connectivity index (χ3v) is 3.76. The topological polar surface area (TPSA) is 67.1 Å². The van der Waals surface area contributed by atoms with Crippen LogP contribution >= 0.6 is 0 Å². The molecule has 0 spiro atoms. The molecule has 1 atom stereocenters. The van der Waals surface area contributed by atoms with Crippen molar-refractivity contribution in [1.29, 1.82) is 0 Å². The van der Waals surface area contributed by atoms with Gasteiger partial charge in [-0.05, 0) is 6.92 Å². The van der Waals surface area contributed by atoms with E-state index >= 15 is 0 Å². The fourth-order valence-electron chi connectivity index (χ4n) is 2.56. The lowest BCUT2D eigenvalue weighted by Crippen LogP contribution is -2.47. The van der Waals surface area contributed by atoms with Gasteiger partial charge in [-0.1, -0.05) is 0 Å². The van der Waals surface area contributed by atoms with Crippen LogP contribution < -0.4 is 4.90 Å². The van der Waals surface area contributed by atoms with Crippen LogP contribution in [0, 0.1) is 6.92 Å². The lowest BCUT2D eigenvalue weighted by Gasteiger charge is -2.26. The number of rotatable bonds is 1. The fraction of sp³-hybridized carbons (Fsp3) is 0.583. The Kier molecular flexibility index (Phi) is 2.88. The molecule has 1 fully saturated rings. The van der Waals surface area contributed by atoms with E-state index in [1.807, 2.05) is 0 Å². The molecule has 21 heavy (non-hydrogen) atoms. The van der Waals surface area contributed by atoms with Gasteiger partial charge in [0.05, 0.1) is 18.1 Å². The minimum atomic E-state index is -4.65. The molecule has 0 saturated carbocycles. The van der Waals surface area contributed by atoms with Gasteiger partial charge >= 0.3 is 6.18 Å². The smallest absolute Gasteiger partial charge is 0.379 e. The highest BCUT2D eigenvalue weighted by atomic mass is 19.4. The zero-order valence-corrected chi connectivity index (χ0v) is 11.5. The van der Waals surface area contributed by atoms with Crippen molar-refractivity contribution in [2.75, 3.05) is 18.0 Å². The normalized spacial score (nSPS) is 23.2. The Hall–Kier alpha value is -1.90. The molecule has 1 unspecified atom stereocenters. The zero-order valence-electron chi connectivity index (χ0n) is 11.5. The SMILES string of the molecule is Cc1nc(N2CCC(O)(C(F)(F)F)C2)c2cnn(C)c2n1. The summed E-state index contributed by atoms with van der Waals surface area (Å²) < 4.78 is 40.3. The van der Waals surface area contributed by atoms with Crippen LogP contribution in [0.2, 0.25) is 0 Å². The number of halogens is 3. The molecular weight excluding hydrogens is 287 g/mol. The van der Waals surface area contributed by atoms with Gasteiger partial charge in [0, 0.05) is 20.0 Å². The van der Waals surface area contributed by atoms with Crippen molar-refractivity contribution in [2.45, 2.75) is 25.1 Å². The Morgan fingerprint density at radius 3 is 2.67 bits per heavy atom. The Balaban J connectivity index is 2.03. The molecule has 2 aromatic heterocycles. The minimum absolute atomic E-state index is 0.0798. The maximum atomic E-state index is 12.9. The Bertz CT molecular complexity index is 698. The van der Waals surface area contributed by atoms with Crippen molar-refractivity contribution in [3.63, 3.8) is 0 Å². The number of β-amino-alcohol motifs (C(OH)–C–C–N with tert-alkyl or cyclic N) is 1. The average Bonchev–Trinajstić information content (AvgIpc) is 2.94. The lowest BCUT2D eigenvalue weighted by atomic mass is 10.0. The van der Waals surface area contributed by atoms with Crippen molar-refractivity contribution in [1.82, 2.24) is 19.7 Å². The largest absolute Gasteiger partial charge is 0.418 e. The van der Waals surface area contributed by atoms with Gasteiger partial charge in [0.15, 0.2) is 11.2 Å². The van der Waals surface area contributed by atoms with Gasteiger partial charge in [-0.25, -0.2) is 9.97 Å². The first-order valence-electron chi connectivity index (χ1n) is 6.42. The van der Waals surface area contributed by atoms with Crippen LogP contribution in [0.25, 0.3) is 11.0 Å². The van der Waals surface area contributed by atoms with Gasteiger partial charge < -0.3 is 10.0 Å². The monoisotopic (exact) mass is 301 g/mol. The van der Waals surface area contributed by atoms with Crippen molar-refractivity contribution < 1.29 is 18.3 Å². The second-order valence-electron chi connectivity index (χ2n) is 5.30. The number of aliphatic hydroxyl groups is 1. The number of nitrogens with zero attached hydrogens (tertiary/aromatic N) is 5. The van der Waals surface area contributed by atoms with Crippen LogP contribution in [0.4, 0.5) is 19.0 Å². The van der Waals surface area contributed by atoms with Crippen LogP contribution in [0.5, 0.6) is 0 Å². The minimum Gasteiger partial charge on any atom is -0.379 e. The molecule has 0 aromatic carbocycles. The standard InChI is InChI=1S/C12H14F3N5O/c1-7-17-9-8(5-16-19(9)2)10(18-7)20-4-3-11(21,6-20)12(13,14)15/h5,21H,3-4,6H2,1-2H3. The predicted octanol–water partition coefficient (Wildman–Crippen LogP) is 1.18. The van der Waals surface area contributed by atoms with Crippen LogP contribution in [0.15, 0.2) is 6.20 Å². The zero-order chi connectivity index (χ0) is 15.4. The van der Waals surface area contributed by atoms with E-state index < -0.39 is 18.3 Å². The molecule has 3 rings (SSSR count). The second kappa shape index (κ2) is 4.30. The van der Waals surface area contributed by atoms with Gasteiger partial charge in [-0.3, -0.25) is 4.68 Å². The highest BCUT2D eigenvalue weighted by Crippen LogP contribution is 2.39. The molecule has 0 aliphatic carbocycles. The number of hydrogen-bond donors (Lipinski definition) is 1. The van der Waals surface area contributed by atoms with E-state index in [0.29, 0.717) is 22.7 Å². The molecular formula is C12H14F3N5O. The first-order chi connectivity index (χ1) is 9.71. The number of fused-ring (bicyclic) bond motifs is 1. The quantitative estimate of drug-likeness (QED) is 0.856. The van der Waals surface area contributed by atoms with Gasteiger partial charge in [0.25, 0.3) is 0 Å². The molecule has 114 valence electrons. The Morgan fingerprint density at radius 1 is 1.33 bits per heavy atom. The second-order valence-corrected chi connectivity index (χ2v) is 5.30. The molecule has 6 nitrogen and oxygen atoms in total. The van der Waals surface area contributed by atoms with Gasteiger partial charge in [0.2, 0.25) is 0 Å². The number of hydrogen-bond acceptors (Lipinski definition) is 5.